The van der Waals surface area contributed by atoms with Crippen molar-refractivity contribution < 1.29 is 8.83 Å². The van der Waals surface area contributed by atoms with Crippen LogP contribution in [0.15, 0.2) is 148 Å². The second-order valence-electron chi connectivity index (χ2n) is 10.6. The standard InChI is InChI=1S/C38H23NO2/c1-2-9-26(10-3-1)39(27-16-19-30-25(22-27)14-18-32-31-12-6-7-13-34(31)41-38(30)32)28-17-20-33-36(23-28)40-35-21-15-24-8-4-5-11-29(24)37(33)35/h1-23H. The Kier molecular flexibility index (Phi) is 4.61. The lowest BCUT2D eigenvalue weighted by molar-refractivity contribution is 0.669. The van der Waals surface area contributed by atoms with Crippen LogP contribution >= 0.6 is 0 Å². The number of furan rings is 2. The van der Waals surface area contributed by atoms with Crippen molar-refractivity contribution in [3.63, 3.8) is 0 Å². The summed E-state index contributed by atoms with van der Waals surface area (Å²) < 4.78 is 12.7. The van der Waals surface area contributed by atoms with Crippen molar-refractivity contribution in [2.24, 2.45) is 0 Å². The fourth-order valence-electron chi connectivity index (χ4n) is 6.34. The first-order valence-corrected chi connectivity index (χ1v) is 13.9. The monoisotopic (exact) mass is 525 g/mol. The molecule has 0 atom stereocenters. The first-order chi connectivity index (χ1) is 20.3. The smallest absolute Gasteiger partial charge is 0.143 e. The van der Waals surface area contributed by atoms with Crippen molar-refractivity contribution in [3.8, 4) is 0 Å². The molecule has 0 amide bonds. The van der Waals surface area contributed by atoms with Crippen LogP contribution in [0.2, 0.25) is 0 Å². The second kappa shape index (κ2) is 8.48. The number of para-hydroxylation sites is 2. The Labute approximate surface area is 235 Å². The molecule has 0 bridgehead atoms. The molecule has 0 radical (unpaired) electrons. The van der Waals surface area contributed by atoms with Crippen molar-refractivity contribution in [1.82, 2.24) is 0 Å². The van der Waals surface area contributed by atoms with Gasteiger partial charge in [0.25, 0.3) is 0 Å². The summed E-state index contributed by atoms with van der Waals surface area (Å²) in [5.74, 6) is 0. The molecule has 0 aliphatic carbocycles. The molecule has 0 saturated heterocycles. The molecule has 41 heavy (non-hydrogen) atoms. The Hall–Kier alpha value is -5.54. The van der Waals surface area contributed by atoms with Crippen molar-refractivity contribution in [1.29, 1.82) is 0 Å². The topological polar surface area (TPSA) is 29.5 Å². The van der Waals surface area contributed by atoms with Crippen LogP contribution in [0.25, 0.3) is 65.4 Å². The number of benzene rings is 7. The highest BCUT2D eigenvalue weighted by Crippen LogP contribution is 2.42. The molecule has 3 heteroatoms. The average molecular weight is 526 g/mol. The first kappa shape index (κ1) is 22.3. The van der Waals surface area contributed by atoms with Gasteiger partial charge in [-0.3, -0.25) is 0 Å². The zero-order chi connectivity index (χ0) is 26.9. The van der Waals surface area contributed by atoms with Gasteiger partial charge in [0, 0.05) is 50.1 Å². The summed E-state index contributed by atoms with van der Waals surface area (Å²) in [7, 11) is 0. The lowest BCUT2D eigenvalue weighted by Crippen LogP contribution is -2.09. The third-order valence-corrected chi connectivity index (χ3v) is 8.22. The number of nitrogens with zero attached hydrogens (tertiary/aromatic N) is 1. The Balaban J connectivity index is 1.25. The van der Waals surface area contributed by atoms with Gasteiger partial charge >= 0.3 is 0 Å². The lowest BCUT2D eigenvalue weighted by Gasteiger charge is -2.25. The minimum Gasteiger partial charge on any atom is -0.456 e. The predicted octanol–water partition coefficient (Wildman–Crippen LogP) is 11.3. The van der Waals surface area contributed by atoms with Crippen molar-refractivity contribution in [2.45, 2.75) is 0 Å². The summed E-state index contributed by atoms with van der Waals surface area (Å²) in [6.45, 7) is 0. The van der Waals surface area contributed by atoms with Gasteiger partial charge in [0.15, 0.2) is 0 Å². The van der Waals surface area contributed by atoms with E-state index in [1.54, 1.807) is 0 Å². The molecule has 9 rings (SSSR count). The van der Waals surface area contributed by atoms with Gasteiger partial charge in [-0.2, -0.15) is 0 Å². The van der Waals surface area contributed by atoms with E-state index in [2.05, 4.69) is 126 Å². The number of fused-ring (bicyclic) bond motifs is 10. The van der Waals surface area contributed by atoms with Crippen LogP contribution in [-0.4, -0.2) is 0 Å². The predicted molar refractivity (Wildman–Crippen MR) is 171 cm³/mol. The third-order valence-electron chi connectivity index (χ3n) is 8.22. The molecule has 192 valence electrons. The number of rotatable bonds is 3. The molecule has 0 aliphatic heterocycles. The highest BCUT2D eigenvalue weighted by molar-refractivity contribution is 6.19. The fourth-order valence-corrected chi connectivity index (χ4v) is 6.34. The molecule has 3 nitrogen and oxygen atoms in total. The van der Waals surface area contributed by atoms with Gasteiger partial charge < -0.3 is 13.7 Å². The summed E-state index contributed by atoms with van der Waals surface area (Å²) >= 11 is 0. The highest BCUT2D eigenvalue weighted by Gasteiger charge is 2.18. The molecule has 0 unspecified atom stereocenters. The van der Waals surface area contributed by atoms with Crippen molar-refractivity contribution >= 4 is 82.5 Å². The summed E-state index contributed by atoms with van der Waals surface area (Å²) in [5.41, 5.74) is 6.81. The van der Waals surface area contributed by atoms with E-state index in [4.69, 9.17) is 8.83 Å². The van der Waals surface area contributed by atoms with E-state index in [0.29, 0.717) is 0 Å². The molecule has 0 spiro atoms. The van der Waals surface area contributed by atoms with Crippen molar-refractivity contribution in [3.05, 3.63) is 140 Å². The molecule has 0 saturated carbocycles. The van der Waals surface area contributed by atoms with Gasteiger partial charge in [-0.15, -0.1) is 0 Å². The minimum absolute atomic E-state index is 0.875. The number of hydrogen-bond acceptors (Lipinski definition) is 3. The quantitative estimate of drug-likeness (QED) is 0.230. The maximum absolute atomic E-state index is 6.43. The highest BCUT2D eigenvalue weighted by atomic mass is 16.3. The molecule has 2 heterocycles. The van der Waals surface area contributed by atoms with Crippen LogP contribution in [0, 0.1) is 0 Å². The van der Waals surface area contributed by atoms with E-state index >= 15 is 0 Å². The Bertz CT molecular complexity index is 2430. The Morgan fingerprint density at radius 3 is 1.98 bits per heavy atom. The third kappa shape index (κ3) is 3.33. The van der Waals surface area contributed by atoms with Crippen LogP contribution in [0.1, 0.15) is 0 Å². The number of anilines is 3. The van der Waals surface area contributed by atoms with Crippen LogP contribution in [-0.2, 0) is 0 Å². The summed E-state index contributed by atoms with van der Waals surface area (Å²) in [6, 6.07) is 48.9. The van der Waals surface area contributed by atoms with Crippen LogP contribution in [0.3, 0.4) is 0 Å². The van der Waals surface area contributed by atoms with Crippen LogP contribution in [0.5, 0.6) is 0 Å². The van der Waals surface area contributed by atoms with E-state index in [1.165, 1.54) is 10.8 Å². The normalized spacial score (nSPS) is 11.9. The first-order valence-electron chi connectivity index (χ1n) is 13.9. The van der Waals surface area contributed by atoms with E-state index in [-0.39, 0.29) is 0 Å². The van der Waals surface area contributed by atoms with Crippen molar-refractivity contribution in [2.75, 3.05) is 4.90 Å². The van der Waals surface area contributed by atoms with E-state index in [9.17, 15) is 0 Å². The summed E-state index contributed by atoms with van der Waals surface area (Å²) in [5, 5.41) is 9.24. The molecule has 0 fully saturated rings. The minimum atomic E-state index is 0.875. The Morgan fingerprint density at radius 1 is 0.366 bits per heavy atom. The van der Waals surface area contributed by atoms with Gasteiger partial charge in [0.2, 0.25) is 0 Å². The zero-order valence-electron chi connectivity index (χ0n) is 22.0. The molecule has 7 aromatic carbocycles. The molecule has 0 aliphatic rings. The van der Waals surface area contributed by atoms with Crippen LogP contribution < -0.4 is 4.90 Å². The SMILES string of the molecule is c1ccc(N(c2ccc3c(ccc4c5ccccc5oc34)c2)c2ccc3c(c2)oc2ccc4ccccc4c23)cc1. The maximum Gasteiger partial charge on any atom is 0.143 e. The van der Waals surface area contributed by atoms with E-state index in [0.717, 1.165) is 71.7 Å². The van der Waals surface area contributed by atoms with Gasteiger partial charge in [0.1, 0.15) is 22.3 Å². The summed E-state index contributed by atoms with van der Waals surface area (Å²) in [6.07, 6.45) is 0. The molecular weight excluding hydrogens is 502 g/mol. The molecule has 2 aromatic heterocycles. The summed E-state index contributed by atoms with van der Waals surface area (Å²) in [4.78, 5) is 2.28. The molecular formula is C38H23NO2. The van der Waals surface area contributed by atoms with Gasteiger partial charge in [-0.25, -0.2) is 0 Å². The fraction of sp³-hybridized carbons (Fsp3) is 0. The zero-order valence-corrected chi connectivity index (χ0v) is 22.0. The largest absolute Gasteiger partial charge is 0.456 e. The van der Waals surface area contributed by atoms with E-state index < -0.39 is 0 Å². The number of hydrogen-bond donors (Lipinski definition) is 0. The molecule has 0 N–H and O–H groups in total. The van der Waals surface area contributed by atoms with Gasteiger partial charge in [-0.05, 0) is 76.8 Å². The Morgan fingerprint density at radius 2 is 1.07 bits per heavy atom. The maximum atomic E-state index is 6.43. The molecule has 9 aromatic rings. The second-order valence-corrected chi connectivity index (χ2v) is 10.6. The van der Waals surface area contributed by atoms with Crippen LogP contribution in [0.4, 0.5) is 17.1 Å². The van der Waals surface area contributed by atoms with Gasteiger partial charge in [0.05, 0.1) is 0 Å². The average Bonchev–Trinajstić information content (AvgIpc) is 3.60. The van der Waals surface area contributed by atoms with Gasteiger partial charge in [-0.1, -0.05) is 72.8 Å². The lowest BCUT2D eigenvalue weighted by atomic mass is 10.0. The van der Waals surface area contributed by atoms with E-state index in [1.807, 2.05) is 18.2 Å².